The normalized spacial score (nSPS) is 10.9. The molecule has 0 unspecified atom stereocenters. The molecule has 0 fully saturated rings. The molecule has 1 aromatic carbocycles. The summed E-state index contributed by atoms with van der Waals surface area (Å²) >= 11 is 0. The van der Waals surface area contributed by atoms with E-state index in [9.17, 15) is 23.3 Å². The Morgan fingerprint density at radius 1 is 1.35 bits per heavy atom. The second-order valence-electron chi connectivity index (χ2n) is 2.95. The van der Waals surface area contributed by atoms with Gasteiger partial charge in [0.15, 0.2) is 0 Å². The minimum absolute atomic E-state index is 0.247. The van der Waals surface area contributed by atoms with Crippen molar-refractivity contribution < 1.29 is 22.4 Å². The molecule has 0 aromatic heterocycles. The van der Waals surface area contributed by atoms with Gasteiger partial charge < -0.3 is 0 Å². The molecule has 0 aliphatic heterocycles. The third kappa shape index (κ3) is 3.50. The maximum Gasteiger partial charge on any atom is 0.317 e. The average molecular weight is 260 g/mol. The zero-order valence-electron chi connectivity index (χ0n) is 8.61. The number of nitro benzene ring substituents is 1. The van der Waals surface area contributed by atoms with E-state index in [0.29, 0.717) is 0 Å². The van der Waals surface area contributed by atoms with Crippen LogP contribution in [0.2, 0.25) is 0 Å². The number of nitro groups is 1. The number of carbonyl (C=O) groups is 1. The van der Waals surface area contributed by atoms with E-state index in [1.807, 2.05) is 0 Å². The highest BCUT2D eigenvalue weighted by Gasteiger charge is 2.17. The summed E-state index contributed by atoms with van der Waals surface area (Å²) in [6.45, 7) is 1.07. The summed E-state index contributed by atoms with van der Waals surface area (Å²) in [5.74, 6) is -0.685. The number of rotatable bonds is 4. The van der Waals surface area contributed by atoms with E-state index in [2.05, 4.69) is 4.28 Å². The fraction of sp³-hybridized carbons (Fsp3) is 0.125. The van der Waals surface area contributed by atoms with Crippen molar-refractivity contribution in [3.8, 4) is 0 Å². The molecule has 1 N–H and O–H groups in total. The van der Waals surface area contributed by atoms with Gasteiger partial charge in [0.2, 0.25) is 5.91 Å². The van der Waals surface area contributed by atoms with Crippen LogP contribution in [0.1, 0.15) is 6.92 Å². The predicted octanol–water partition coefficient (Wildman–Crippen LogP) is 0.351. The van der Waals surface area contributed by atoms with E-state index >= 15 is 0 Å². The van der Waals surface area contributed by atoms with Gasteiger partial charge in [0, 0.05) is 19.1 Å². The summed E-state index contributed by atoms with van der Waals surface area (Å²) in [7, 11) is -4.15. The van der Waals surface area contributed by atoms with Crippen LogP contribution in [0.3, 0.4) is 0 Å². The first-order valence-electron chi connectivity index (χ1n) is 4.27. The third-order valence-electron chi connectivity index (χ3n) is 1.63. The van der Waals surface area contributed by atoms with Gasteiger partial charge in [-0.2, -0.15) is 8.42 Å². The van der Waals surface area contributed by atoms with Gasteiger partial charge in [-0.25, -0.2) is 5.48 Å². The van der Waals surface area contributed by atoms with Gasteiger partial charge in [-0.05, 0) is 12.1 Å². The second-order valence-corrected chi connectivity index (χ2v) is 4.49. The molecule has 0 aliphatic carbocycles. The lowest BCUT2D eigenvalue weighted by Crippen LogP contribution is -2.24. The van der Waals surface area contributed by atoms with E-state index in [4.69, 9.17) is 0 Å². The quantitative estimate of drug-likeness (QED) is 0.616. The molecule has 1 aromatic rings. The van der Waals surface area contributed by atoms with Gasteiger partial charge in [0.25, 0.3) is 5.69 Å². The van der Waals surface area contributed by atoms with Crippen LogP contribution in [0.4, 0.5) is 5.69 Å². The van der Waals surface area contributed by atoms with Crippen molar-refractivity contribution in [3.05, 3.63) is 34.4 Å². The van der Waals surface area contributed by atoms with Crippen molar-refractivity contribution >= 4 is 21.7 Å². The lowest BCUT2D eigenvalue weighted by molar-refractivity contribution is -0.384. The van der Waals surface area contributed by atoms with Crippen molar-refractivity contribution in [1.82, 2.24) is 5.48 Å². The molecule has 0 aliphatic rings. The maximum atomic E-state index is 11.4. The number of hydrogen-bond acceptors (Lipinski definition) is 6. The zero-order chi connectivity index (χ0) is 13.1. The molecular formula is C8H8N2O6S. The van der Waals surface area contributed by atoms with Crippen molar-refractivity contribution in [2.75, 3.05) is 0 Å². The molecule has 0 spiro atoms. The molecular weight excluding hydrogens is 252 g/mol. The summed E-state index contributed by atoms with van der Waals surface area (Å²) in [6, 6.07) is 4.05. The summed E-state index contributed by atoms with van der Waals surface area (Å²) < 4.78 is 27.0. The van der Waals surface area contributed by atoms with Gasteiger partial charge >= 0.3 is 10.1 Å². The summed E-state index contributed by atoms with van der Waals surface area (Å²) in [6.07, 6.45) is 0. The molecule has 0 radical (unpaired) electrons. The largest absolute Gasteiger partial charge is 0.317 e. The third-order valence-corrected chi connectivity index (χ3v) is 2.78. The number of non-ortho nitro benzene ring substituents is 1. The number of hydrogen-bond donors (Lipinski definition) is 1. The van der Waals surface area contributed by atoms with E-state index in [-0.39, 0.29) is 10.6 Å². The highest BCUT2D eigenvalue weighted by atomic mass is 32.2. The van der Waals surface area contributed by atoms with Crippen LogP contribution < -0.4 is 5.48 Å². The predicted molar refractivity (Wildman–Crippen MR) is 55.2 cm³/mol. The Morgan fingerprint density at radius 2 is 1.88 bits per heavy atom. The van der Waals surface area contributed by atoms with Crippen molar-refractivity contribution in [1.29, 1.82) is 0 Å². The van der Waals surface area contributed by atoms with Crippen LogP contribution in [0.5, 0.6) is 0 Å². The number of nitrogens with one attached hydrogen (secondary N) is 1. The average Bonchev–Trinajstić information content (AvgIpc) is 2.27. The molecule has 1 rings (SSSR count). The van der Waals surface area contributed by atoms with Crippen LogP contribution in [0, 0.1) is 10.1 Å². The van der Waals surface area contributed by atoms with Gasteiger partial charge in [0.05, 0.1) is 9.82 Å². The SMILES string of the molecule is CC(=O)NOS(=O)(=O)c1ccc([N+](=O)[O-])cc1. The summed E-state index contributed by atoms with van der Waals surface area (Å²) in [5.41, 5.74) is 1.41. The van der Waals surface area contributed by atoms with E-state index in [1.54, 1.807) is 5.48 Å². The van der Waals surface area contributed by atoms with Gasteiger partial charge in [-0.1, -0.05) is 0 Å². The van der Waals surface area contributed by atoms with E-state index in [0.717, 1.165) is 31.2 Å². The van der Waals surface area contributed by atoms with Crippen molar-refractivity contribution in [2.45, 2.75) is 11.8 Å². The van der Waals surface area contributed by atoms with E-state index in [1.165, 1.54) is 0 Å². The first kappa shape index (κ1) is 13.1. The first-order valence-corrected chi connectivity index (χ1v) is 5.68. The van der Waals surface area contributed by atoms with Gasteiger partial charge in [-0.15, -0.1) is 4.28 Å². The minimum Gasteiger partial charge on any atom is -0.273 e. The molecule has 1 amide bonds. The Bertz CT molecular complexity index is 536. The number of nitrogens with zero attached hydrogens (tertiary/aromatic N) is 1. The smallest absolute Gasteiger partial charge is 0.273 e. The Labute approximate surface area is 96.4 Å². The number of amides is 1. The van der Waals surface area contributed by atoms with E-state index < -0.39 is 20.9 Å². The summed E-state index contributed by atoms with van der Waals surface area (Å²) in [5, 5.41) is 10.3. The Balaban J connectivity index is 2.92. The highest BCUT2D eigenvalue weighted by Crippen LogP contribution is 2.16. The van der Waals surface area contributed by atoms with Gasteiger partial charge in [0.1, 0.15) is 0 Å². The monoisotopic (exact) mass is 260 g/mol. The molecule has 0 saturated carbocycles. The fourth-order valence-electron chi connectivity index (χ4n) is 0.896. The van der Waals surface area contributed by atoms with Crippen molar-refractivity contribution in [2.24, 2.45) is 0 Å². The standard InChI is InChI=1S/C8H8N2O6S/c1-6(11)9-16-17(14,15)8-4-2-7(3-5-8)10(12)13/h2-5H,1H3,(H,9,11). The highest BCUT2D eigenvalue weighted by molar-refractivity contribution is 7.86. The number of benzene rings is 1. The van der Waals surface area contributed by atoms with Crippen LogP contribution in [-0.4, -0.2) is 19.2 Å². The van der Waals surface area contributed by atoms with Crippen LogP contribution >= 0.6 is 0 Å². The van der Waals surface area contributed by atoms with Crippen LogP contribution in [-0.2, 0) is 19.2 Å². The second kappa shape index (κ2) is 4.89. The Kier molecular flexibility index (Phi) is 3.76. The molecule has 92 valence electrons. The topological polar surface area (TPSA) is 116 Å². The molecule has 0 saturated heterocycles. The number of hydroxylamine groups is 1. The van der Waals surface area contributed by atoms with Crippen LogP contribution in [0.25, 0.3) is 0 Å². The zero-order valence-corrected chi connectivity index (χ0v) is 9.43. The lowest BCUT2D eigenvalue weighted by atomic mass is 10.3. The van der Waals surface area contributed by atoms with Gasteiger partial charge in [-0.3, -0.25) is 14.9 Å². The minimum atomic E-state index is -4.15. The molecule has 8 nitrogen and oxygen atoms in total. The molecule has 0 bridgehead atoms. The molecule has 9 heteroatoms. The van der Waals surface area contributed by atoms with Crippen molar-refractivity contribution in [3.63, 3.8) is 0 Å². The summed E-state index contributed by atoms with van der Waals surface area (Å²) in [4.78, 5) is 19.9. The number of carbonyl (C=O) groups excluding carboxylic acids is 1. The Morgan fingerprint density at radius 3 is 2.29 bits per heavy atom. The fourth-order valence-corrected chi connectivity index (χ4v) is 1.69. The Hall–Kier alpha value is -2.00. The first-order chi connectivity index (χ1) is 7.83. The molecule has 17 heavy (non-hydrogen) atoms. The molecule has 0 heterocycles. The molecule has 0 atom stereocenters. The lowest BCUT2D eigenvalue weighted by Gasteiger charge is -2.03. The van der Waals surface area contributed by atoms with Crippen LogP contribution in [0.15, 0.2) is 29.2 Å². The maximum absolute atomic E-state index is 11.4.